The molecule has 0 aliphatic heterocycles. The molecule has 0 radical (unpaired) electrons. The molecule has 1 aromatic heterocycles. The number of anilines is 2. The molecule has 3 N–H and O–H groups in total. The van der Waals surface area contributed by atoms with Crippen LogP contribution in [-0.2, 0) is 13.0 Å². The average molecular weight is 247 g/mol. The molecular formula is C13H17N3O2. The van der Waals surface area contributed by atoms with Gasteiger partial charge in [-0.3, -0.25) is 0 Å². The van der Waals surface area contributed by atoms with Crippen molar-refractivity contribution >= 4 is 11.4 Å². The summed E-state index contributed by atoms with van der Waals surface area (Å²) in [5.74, 6) is 2.28. The summed E-state index contributed by atoms with van der Waals surface area (Å²) in [6.07, 6.45) is 2.59. The standard InChI is InChI=1S/C13H17N3O2/c1-3-9-7-16-13(18-9)8-15-12-5-4-10(17-2)6-11(12)14/h4-7,15H,3,8,14H2,1-2H3. The molecule has 0 atom stereocenters. The van der Waals surface area contributed by atoms with Gasteiger partial charge in [0.2, 0.25) is 5.89 Å². The number of benzene rings is 1. The van der Waals surface area contributed by atoms with Crippen LogP contribution in [0.4, 0.5) is 11.4 Å². The van der Waals surface area contributed by atoms with Crippen molar-refractivity contribution in [2.45, 2.75) is 19.9 Å². The topological polar surface area (TPSA) is 73.3 Å². The van der Waals surface area contributed by atoms with Gasteiger partial charge in [0.1, 0.15) is 11.5 Å². The number of aromatic nitrogens is 1. The Morgan fingerprint density at radius 2 is 2.28 bits per heavy atom. The molecule has 0 bridgehead atoms. The Balaban J connectivity index is 2.01. The van der Waals surface area contributed by atoms with E-state index in [4.69, 9.17) is 14.9 Å². The number of aryl methyl sites for hydroxylation is 1. The molecule has 5 heteroatoms. The van der Waals surface area contributed by atoms with Gasteiger partial charge < -0.3 is 20.2 Å². The summed E-state index contributed by atoms with van der Waals surface area (Å²) in [6.45, 7) is 2.54. The molecule has 1 aromatic carbocycles. The van der Waals surface area contributed by atoms with Gasteiger partial charge in [-0.25, -0.2) is 4.98 Å². The van der Waals surface area contributed by atoms with Crippen molar-refractivity contribution in [2.24, 2.45) is 0 Å². The van der Waals surface area contributed by atoms with Gasteiger partial charge in [0, 0.05) is 12.5 Å². The molecule has 0 aliphatic carbocycles. The summed E-state index contributed by atoms with van der Waals surface area (Å²) in [6, 6.07) is 5.50. The summed E-state index contributed by atoms with van der Waals surface area (Å²) in [7, 11) is 1.61. The van der Waals surface area contributed by atoms with E-state index in [0.717, 1.165) is 23.6 Å². The second-order valence-corrected chi connectivity index (χ2v) is 3.88. The predicted molar refractivity (Wildman–Crippen MR) is 70.6 cm³/mol. The highest BCUT2D eigenvalue weighted by Crippen LogP contribution is 2.24. The van der Waals surface area contributed by atoms with Crippen LogP contribution in [0.15, 0.2) is 28.8 Å². The fourth-order valence-electron chi connectivity index (χ4n) is 1.59. The molecule has 18 heavy (non-hydrogen) atoms. The Kier molecular flexibility index (Phi) is 3.72. The lowest BCUT2D eigenvalue weighted by molar-refractivity contribution is 0.415. The number of nitrogens with zero attached hydrogens (tertiary/aromatic N) is 1. The molecule has 0 amide bonds. The number of oxazole rings is 1. The highest BCUT2D eigenvalue weighted by atomic mass is 16.5. The SMILES string of the molecule is CCc1cnc(CNc2ccc(OC)cc2N)o1. The highest BCUT2D eigenvalue weighted by Gasteiger charge is 2.04. The molecule has 0 unspecified atom stereocenters. The minimum Gasteiger partial charge on any atom is -0.497 e. The Morgan fingerprint density at radius 1 is 1.44 bits per heavy atom. The van der Waals surface area contributed by atoms with E-state index >= 15 is 0 Å². The van der Waals surface area contributed by atoms with E-state index in [-0.39, 0.29) is 0 Å². The summed E-state index contributed by atoms with van der Waals surface area (Å²) < 4.78 is 10.6. The second kappa shape index (κ2) is 5.44. The molecule has 96 valence electrons. The van der Waals surface area contributed by atoms with Crippen LogP contribution in [-0.4, -0.2) is 12.1 Å². The fourth-order valence-corrected chi connectivity index (χ4v) is 1.59. The first kappa shape index (κ1) is 12.3. The number of rotatable bonds is 5. The van der Waals surface area contributed by atoms with Gasteiger partial charge >= 0.3 is 0 Å². The maximum Gasteiger partial charge on any atom is 0.213 e. The van der Waals surface area contributed by atoms with Crippen molar-refractivity contribution in [1.29, 1.82) is 0 Å². The number of ether oxygens (including phenoxy) is 1. The number of hydrogen-bond acceptors (Lipinski definition) is 5. The van der Waals surface area contributed by atoms with E-state index in [0.29, 0.717) is 18.1 Å². The molecular weight excluding hydrogens is 230 g/mol. The largest absolute Gasteiger partial charge is 0.497 e. The smallest absolute Gasteiger partial charge is 0.213 e. The van der Waals surface area contributed by atoms with Crippen molar-refractivity contribution in [3.63, 3.8) is 0 Å². The lowest BCUT2D eigenvalue weighted by Gasteiger charge is -2.09. The molecule has 0 saturated carbocycles. The number of nitrogen functional groups attached to an aromatic ring is 1. The van der Waals surface area contributed by atoms with Crippen LogP contribution >= 0.6 is 0 Å². The van der Waals surface area contributed by atoms with Gasteiger partial charge in [-0.2, -0.15) is 0 Å². The Morgan fingerprint density at radius 3 is 2.89 bits per heavy atom. The van der Waals surface area contributed by atoms with E-state index in [1.54, 1.807) is 19.4 Å². The Labute approximate surface area is 106 Å². The lowest BCUT2D eigenvalue weighted by Crippen LogP contribution is -2.02. The zero-order chi connectivity index (χ0) is 13.0. The minimum absolute atomic E-state index is 0.510. The van der Waals surface area contributed by atoms with E-state index in [1.807, 2.05) is 19.1 Å². The molecule has 5 nitrogen and oxygen atoms in total. The molecule has 2 rings (SSSR count). The van der Waals surface area contributed by atoms with Crippen LogP contribution in [0.2, 0.25) is 0 Å². The van der Waals surface area contributed by atoms with E-state index in [1.165, 1.54) is 0 Å². The van der Waals surface area contributed by atoms with Crippen LogP contribution in [0, 0.1) is 0 Å². The van der Waals surface area contributed by atoms with E-state index in [2.05, 4.69) is 10.3 Å². The van der Waals surface area contributed by atoms with Crippen LogP contribution in [0.1, 0.15) is 18.6 Å². The third kappa shape index (κ3) is 2.74. The highest BCUT2D eigenvalue weighted by molar-refractivity contribution is 5.68. The monoisotopic (exact) mass is 247 g/mol. The minimum atomic E-state index is 0.510. The van der Waals surface area contributed by atoms with Gasteiger partial charge in [-0.1, -0.05) is 6.92 Å². The third-order valence-electron chi connectivity index (χ3n) is 2.64. The number of methoxy groups -OCH3 is 1. The first-order valence-electron chi connectivity index (χ1n) is 5.84. The maximum absolute atomic E-state index is 5.90. The van der Waals surface area contributed by atoms with Crippen molar-refractivity contribution in [3.05, 3.63) is 36.0 Å². The fraction of sp³-hybridized carbons (Fsp3) is 0.308. The quantitative estimate of drug-likeness (QED) is 0.794. The number of nitrogens with two attached hydrogens (primary N) is 1. The first-order chi connectivity index (χ1) is 8.72. The average Bonchev–Trinajstić information content (AvgIpc) is 2.85. The van der Waals surface area contributed by atoms with Crippen LogP contribution in [0.3, 0.4) is 0 Å². The summed E-state index contributed by atoms with van der Waals surface area (Å²) in [5, 5.41) is 3.18. The van der Waals surface area contributed by atoms with Gasteiger partial charge in [0.25, 0.3) is 0 Å². The van der Waals surface area contributed by atoms with Gasteiger partial charge in [-0.15, -0.1) is 0 Å². The van der Waals surface area contributed by atoms with Crippen molar-refractivity contribution in [2.75, 3.05) is 18.2 Å². The van der Waals surface area contributed by atoms with E-state index < -0.39 is 0 Å². The number of nitrogens with one attached hydrogen (secondary N) is 1. The van der Waals surface area contributed by atoms with Crippen LogP contribution < -0.4 is 15.8 Å². The van der Waals surface area contributed by atoms with Crippen molar-refractivity contribution in [3.8, 4) is 5.75 Å². The predicted octanol–water partition coefficient (Wildman–Crippen LogP) is 2.44. The Bertz CT molecular complexity index is 523. The van der Waals surface area contributed by atoms with Gasteiger partial charge in [-0.05, 0) is 12.1 Å². The van der Waals surface area contributed by atoms with Crippen molar-refractivity contribution < 1.29 is 9.15 Å². The second-order valence-electron chi connectivity index (χ2n) is 3.88. The zero-order valence-corrected chi connectivity index (χ0v) is 10.6. The first-order valence-corrected chi connectivity index (χ1v) is 5.84. The number of hydrogen-bond donors (Lipinski definition) is 2. The molecule has 2 aromatic rings. The normalized spacial score (nSPS) is 10.3. The van der Waals surface area contributed by atoms with Crippen molar-refractivity contribution in [1.82, 2.24) is 4.98 Å². The maximum atomic E-state index is 5.90. The molecule has 0 fully saturated rings. The van der Waals surface area contributed by atoms with Crippen LogP contribution in [0.5, 0.6) is 5.75 Å². The molecule has 0 saturated heterocycles. The van der Waals surface area contributed by atoms with E-state index in [9.17, 15) is 0 Å². The van der Waals surface area contributed by atoms with Gasteiger partial charge in [0.15, 0.2) is 0 Å². The molecule has 0 aliphatic rings. The van der Waals surface area contributed by atoms with Gasteiger partial charge in [0.05, 0.1) is 31.2 Å². The summed E-state index contributed by atoms with van der Waals surface area (Å²) in [5.41, 5.74) is 7.37. The van der Waals surface area contributed by atoms with Crippen LogP contribution in [0.25, 0.3) is 0 Å². The molecule has 1 heterocycles. The summed E-state index contributed by atoms with van der Waals surface area (Å²) >= 11 is 0. The third-order valence-corrected chi connectivity index (χ3v) is 2.64. The summed E-state index contributed by atoms with van der Waals surface area (Å²) in [4.78, 5) is 4.17. The molecule has 0 spiro atoms. The Hall–Kier alpha value is -2.17. The zero-order valence-electron chi connectivity index (χ0n) is 10.6. The lowest BCUT2D eigenvalue weighted by atomic mass is 10.2.